The van der Waals surface area contributed by atoms with Gasteiger partial charge >= 0.3 is 0 Å². The van der Waals surface area contributed by atoms with Crippen LogP contribution in [0, 0.1) is 0 Å². The zero-order chi connectivity index (χ0) is 10.0. The number of likely N-dealkylation sites (N-methyl/N-ethyl adjacent to an activating group) is 1. The Morgan fingerprint density at radius 3 is 2.69 bits per heavy atom. The molecule has 1 aliphatic heterocycles. The van der Waals surface area contributed by atoms with Gasteiger partial charge in [0, 0.05) is 24.7 Å². The van der Waals surface area contributed by atoms with Gasteiger partial charge in [0.05, 0.1) is 0 Å². The van der Waals surface area contributed by atoms with Gasteiger partial charge in [0.25, 0.3) is 0 Å². The second kappa shape index (κ2) is 3.73. The third-order valence-electron chi connectivity index (χ3n) is 2.19. The van der Waals surface area contributed by atoms with Gasteiger partial charge in [-0.05, 0) is 19.4 Å². The van der Waals surface area contributed by atoms with Gasteiger partial charge in [-0.3, -0.25) is 4.79 Å². The number of nitrogens with zero attached hydrogens (tertiary/aromatic N) is 1. The molecule has 0 aromatic carbocycles. The van der Waals surface area contributed by atoms with Crippen molar-refractivity contribution in [2.75, 3.05) is 13.6 Å². The van der Waals surface area contributed by atoms with Gasteiger partial charge in [-0.25, -0.2) is 4.39 Å². The second-order valence-corrected chi connectivity index (χ2v) is 3.23. The monoisotopic (exact) mass is 183 g/mol. The quantitative estimate of drug-likeness (QED) is 0.641. The van der Waals surface area contributed by atoms with Crippen LogP contribution in [-0.4, -0.2) is 24.4 Å². The molecule has 0 bridgehead atoms. The summed E-state index contributed by atoms with van der Waals surface area (Å²) in [6, 6.07) is 0. The van der Waals surface area contributed by atoms with Gasteiger partial charge < -0.3 is 4.90 Å². The maximum Gasteiger partial charge on any atom is 0.249 e. The van der Waals surface area contributed by atoms with Crippen molar-refractivity contribution in [1.29, 1.82) is 0 Å². The Kier molecular flexibility index (Phi) is 2.86. The fourth-order valence-electron chi connectivity index (χ4n) is 1.40. The van der Waals surface area contributed by atoms with Crippen LogP contribution in [0.15, 0.2) is 23.0 Å². The Labute approximate surface area is 77.7 Å². The van der Waals surface area contributed by atoms with Gasteiger partial charge in [-0.1, -0.05) is 6.92 Å². The van der Waals surface area contributed by atoms with Crippen molar-refractivity contribution in [3.8, 4) is 0 Å². The highest BCUT2D eigenvalue weighted by molar-refractivity contribution is 5.97. The van der Waals surface area contributed by atoms with Crippen molar-refractivity contribution >= 4 is 5.91 Å². The lowest BCUT2D eigenvalue weighted by Crippen LogP contribution is -2.21. The Morgan fingerprint density at radius 1 is 1.69 bits per heavy atom. The highest BCUT2D eigenvalue weighted by Gasteiger charge is 2.26. The van der Waals surface area contributed by atoms with Crippen LogP contribution in [0.25, 0.3) is 0 Å². The smallest absolute Gasteiger partial charge is 0.249 e. The summed E-state index contributed by atoms with van der Waals surface area (Å²) in [7, 11) is 1.68. The van der Waals surface area contributed by atoms with E-state index < -0.39 is 0 Å². The molecule has 0 atom stereocenters. The maximum atomic E-state index is 13.3. The van der Waals surface area contributed by atoms with E-state index in [9.17, 15) is 9.18 Å². The zero-order valence-electron chi connectivity index (χ0n) is 8.22. The minimum atomic E-state index is -0.252. The van der Waals surface area contributed by atoms with Gasteiger partial charge in [-0.15, -0.1) is 0 Å². The molecule has 1 aliphatic rings. The summed E-state index contributed by atoms with van der Waals surface area (Å²) in [6.45, 7) is 3.94. The van der Waals surface area contributed by atoms with Gasteiger partial charge in [0.1, 0.15) is 5.83 Å². The average Bonchev–Trinajstić information content (AvgIpc) is 2.33. The number of carbonyl (C=O) groups excluding carboxylic acids is 1. The summed E-state index contributed by atoms with van der Waals surface area (Å²) in [5, 5.41) is 0. The Bertz CT molecular complexity index is 291. The number of carbonyl (C=O) groups is 1. The van der Waals surface area contributed by atoms with Crippen molar-refractivity contribution in [3.63, 3.8) is 0 Å². The van der Waals surface area contributed by atoms with Crippen LogP contribution in [0.1, 0.15) is 20.3 Å². The lowest BCUT2D eigenvalue weighted by atomic mass is 10.1. The van der Waals surface area contributed by atoms with Crippen LogP contribution in [0.3, 0.4) is 0 Å². The van der Waals surface area contributed by atoms with Crippen LogP contribution < -0.4 is 0 Å². The number of halogens is 1. The first-order chi connectivity index (χ1) is 6.07. The summed E-state index contributed by atoms with van der Waals surface area (Å²) in [6.07, 6.45) is 2.16. The molecule has 0 saturated heterocycles. The van der Waals surface area contributed by atoms with Gasteiger partial charge in [0.15, 0.2) is 0 Å². The number of allylic oxidation sites excluding steroid dienone is 1. The van der Waals surface area contributed by atoms with Crippen molar-refractivity contribution in [1.82, 2.24) is 4.90 Å². The molecule has 2 nitrogen and oxygen atoms in total. The molecule has 13 heavy (non-hydrogen) atoms. The van der Waals surface area contributed by atoms with Crippen LogP contribution >= 0.6 is 0 Å². The Morgan fingerprint density at radius 2 is 2.31 bits per heavy atom. The Hall–Kier alpha value is -1.12. The van der Waals surface area contributed by atoms with Crippen LogP contribution in [0.2, 0.25) is 0 Å². The van der Waals surface area contributed by atoms with Crippen molar-refractivity contribution in [2.45, 2.75) is 20.3 Å². The second-order valence-electron chi connectivity index (χ2n) is 3.23. The van der Waals surface area contributed by atoms with E-state index in [-0.39, 0.29) is 11.7 Å². The number of hydrogen-bond donors (Lipinski definition) is 0. The minimum Gasteiger partial charge on any atom is -0.338 e. The fraction of sp³-hybridized carbons (Fsp3) is 0.500. The summed E-state index contributed by atoms with van der Waals surface area (Å²) in [4.78, 5) is 12.8. The van der Waals surface area contributed by atoms with E-state index >= 15 is 0 Å². The summed E-state index contributed by atoms with van der Waals surface area (Å²) in [5.74, 6) is -0.327. The number of rotatable bonds is 2. The highest BCUT2D eigenvalue weighted by atomic mass is 19.1. The maximum absolute atomic E-state index is 13.3. The first kappa shape index (κ1) is 9.96. The largest absolute Gasteiger partial charge is 0.338 e. The molecule has 0 radical (unpaired) electrons. The summed E-state index contributed by atoms with van der Waals surface area (Å²) < 4.78 is 13.3. The molecule has 0 saturated carbocycles. The summed E-state index contributed by atoms with van der Waals surface area (Å²) in [5.41, 5.74) is 1.07. The lowest BCUT2D eigenvalue weighted by molar-refractivity contribution is -0.124. The SMILES string of the molecule is CC/C=C(/F)C1=C(C)C(=O)N(C)C1. The van der Waals surface area contributed by atoms with E-state index in [1.807, 2.05) is 6.92 Å². The number of hydrogen-bond acceptors (Lipinski definition) is 1. The predicted octanol–water partition coefficient (Wildman–Crippen LogP) is 2.04. The molecule has 72 valence electrons. The van der Waals surface area contributed by atoms with Crippen molar-refractivity contribution in [3.05, 3.63) is 23.0 Å². The standard InChI is InChI=1S/C10H14FNO/c1-4-5-9(11)8-6-12(3)10(13)7(8)2/h5H,4,6H2,1-3H3/b9-5+. The molecule has 0 N–H and O–H groups in total. The topological polar surface area (TPSA) is 20.3 Å². The molecule has 0 fully saturated rings. The van der Waals surface area contributed by atoms with Gasteiger partial charge in [0.2, 0.25) is 5.91 Å². The lowest BCUT2D eigenvalue weighted by Gasteiger charge is -2.07. The van der Waals surface area contributed by atoms with E-state index in [0.29, 0.717) is 24.1 Å². The fourth-order valence-corrected chi connectivity index (χ4v) is 1.40. The predicted molar refractivity (Wildman–Crippen MR) is 49.8 cm³/mol. The highest BCUT2D eigenvalue weighted by Crippen LogP contribution is 2.24. The molecule has 0 unspecified atom stereocenters. The molecule has 1 rings (SSSR count). The van der Waals surface area contributed by atoms with E-state index in [4.69, 9.17) is 0 Å². The van der Waals surface area contributed by atoms with E-state index in [2.05, 4.69) is 0 Å². The molecule has 0 aliphatic carbocycles. The Balaban J connectivity index is 2.94. The van der Waals surface area contributed by atoms with Crippen LogP contribution in [0.5, 0.6) is 0 Å². The number of amides is 1. The van der Waals surface area contributed by atoms with Crippen molar-refractivity contribution in [2.24, 2.45) is 0 Å². The third-order valence-corrected chi connectivity index (χ3v) is 2.19. The third kappa shape index (κ3) is 1.79. The molecule has 0 aromatic rings. The summed E-state index contributed by atoms with van der Waals surface area (Å²) >= 11 is 0. The first-order valence-electron chi connectivity index (χ1n) is 4.39. The molecular formula is C10H14FNO. The normalized spacial score (nSPS) is 18.9. The molecule has 1 amide bonds. The molecule has 3 heteroatoms. The van der Waals surface area contributed by atoms with Crippen LogP contribution in [-0.2, 0) is 4.79 Å². The van der Waals surface area contributed by atoms with Crippen molar-refractivity contribution < 1.29 is 9.18 Å². The van der Waals surface area contributed by atoms with E-state index in [1.165, 1.54) is 11.0 Å². The van der Waals surface area contributed by atoms with E-state index in [0.717, 1.165) is 0 Å². The molecule has 1 heterocycles. The van der Waals surface area contributed by atoms with Gasteiger partial charge in [-0.2, -0.15) is 0 Å². The average molecular weight is 183 g/mol. The molecule has 0 spiro atoms. The first-order valence-corrected chi connectivity index (χ1v) is 4.39. The molecular weight excluding hydrogens is 169 g/mol. The molecule has 0 aromatic heterocycles. The minimum absolute atomic E-state index is 0.0744. The zero-order valence-corrected chi connectivity index (χ0v) is 8.22. The van der Waals surface area contributed by atoms with E-state index in [1.54, 1.807) is 14.0 Å². The van der Waals surface area contributed by atoms with Crippen LogP contribution in [0.4, 0.5) is 4.39 Å².